The number of rotatable bonds is 4. The molecule has 6 nitrogen and oxygen atoms in total. The van der Waals surface area contributed by atoms with E-state index in [0.29, 0.717) is 27.9 Å². The largest absolute Gasteiger partial charge is 0.478 e. The van der Waals surface area contributed by atoms with Crippen molar-refractivity contribution >= 4 is 35.3 Å². The zero-order valence-corrected chi connectivity index (χ0v) is 16.0. The number of carbonyl (C=O) groups is 2. The van der Waals surface area contributed by atoms with Gasteiger partial charge in [0.25, 0.3) is 5.91 Å². The van der Waals surface area contributed by atoms with E-state index in [4.69, 9.17) is 21.7 Å². The molecule has 0 bridgehead atoms. The third kappa shape index (κ3) is 3.57. The summed E-state index contributed by atoms with van der Waals surface area (Å²) in [6.07, 6.45) is 7.04. The highest BCUT2D eigenvalue weighted by Crippen LogP contribution is 2.28. The van der Waals surface area contributed by atoms with Gasteiger partial charge in [-0.25, -0.2) is 4.79 Å². The maximum Gasteiger partial charge on any atom is 0.335 e. The number of carboxylic acid groups (broad SMARTS) is 1. The third-order valence-electron chi connectivity index (χ3n) is 5.16. The highest BCUT2D eigenvalue weighted by molar-refractivity contribution is 7.80. The second kappa shape index (κ2) is 7.59. The van der Waals surface area contributed by atoms with Crippen molar-refractivity contribution in [3.05, 3.63) is 53.4 Å². The number of nitrogens with zero attached hydrogens (tertiary/aromatic N) is 1. The molecule has 1 aliphatic heterocycles. The number of hydrogen-bond acceptors (Lipinski definition) is 4. The maximum absolute atomic E-state index is 12.8. The zero-order chi connectivity index (χ0) is 19.7. The van der Waals surface area contributed by atoms with E-state index in [1.807, 2.05) is 0 Å². The molecule has 1 saturated carbocycles. The molecule has 2 aliphatic rings. The van der Waals surface area contributed by atoms with Gasteiger partial charge in [0.05, 0.1) is 5.56 Å². The van der Waals surface area contributed by atoms with Crippen molar-refractivity contribution in [2.45, 2.75) is 38.1 Å². The van der Waals surface area contributed by atoms with Gasteiger partial charge in [0.2, 0.25) is 0 Å². The molecule has 144 valence electrons. The zero-order valence-electron chi connectivity index (χ0n) is 15.2. The first kappa shape index (κ1) is 18.4. The molecule has 2 heterocycles. The first-order valence-corrected chi connectivity index (χ1v) is 9.73. The fourth-order valence-electron chi connectivity index (χ4n) is 3.75. The van der Waals surface area contributed by atoms with Crippen molar-refractivity contribution in [3.8, 4) is 11.3 Å². The molecule has 0 spiro atoms. The number of hydrogen-bond donors (Lipinski definition) is 2. The van der Waals surface area contributed by atoms with E-state index in [2.05, 4.69) is 5.32 Å². The number of amides is 1. The summed E-state index contributed by atoms with van der Waals surface area (Å²) in [6.45, 7) is 0. The highest BCUT2D eigenvalue weighted by atomic mass is 32.1. The van der Waals surface area contributed by atoms with Gasteiger partial charge < -0.3 is 14.8 Å². The Morgan fingerprint density at radius 2 is 2.00 bits per heavy atom. The van der Waals surface area contributed by atoms with Crippen LogP contribution in [0.4, 0.5) is 0 Å². The summed E-state index contributed by atoms with van der Waals surface area (Å²) >= 11 is 5.38. The molecular weight excluding hydrogens is 376 g/mol. The number of thiocarbonyl (C=S) groups is 1. The summed E-state index contributed by atoms with van der Waals surface area (Å²) in [5.41, 5.74) is 1.25. The Morgan fingerprint density at radius 1 is 1.21 bits per heavy atom. The number of carboxylic acids is 1. The SMILES string of the molecule is O=C(O)c1cccc(-c2ccc(/C=C3\NC(=S)N(C4CCCCC4)C3=O)o2)c1. The second-order valence-corrected chi connectivity index (χ2v) is 7.43. The summed E-state index contributed by atoms with van der Waals surface area (Å²) in [5, 5.41) is 12.6. The lowest BCUT2D eigenvalue weighted by atomic mass is 9.94. The lowest BCUT2D eigenvalue weighted by Crippen LogP contribution is -2.41. The van der Waals surface area contributed by atoms with Crippen LogP contribution in [-0.4, -0.2) is 33.0 Å². The predicted molar refractivity (Wildman–Crippen MR) is 109 cm³/mol. The molecule has 1 aromatic carbocycles. The average Bonchev–Trinajstić information content (AvgIpc) is 3.27. The summed E-state index contributed by atoms with van der Waals surface area (Å²) in [5.74, 6) is -0.0810. The fraction of sp³-hybridized carbons (Fsp3) is 0.286. The molecular formula is C21H20N2O4S. The van der Waals surface area contributed by atoms with Crippen LogP contribution in [0.15, 0.2) is 46.5 Å². The quantitative estimate of drug-likeness (QED) is 0.600. The molecule has 28 heavy (non-hydrogen) atoms. The summed E-state index contributed by atoms with van der Waals surface area (Å²) in [6, 6.07) is 10.2. The lowest BCUT2D eigenvalue weighted by molar-refractivity contribution is -0.124. The van der Waals surface area contributed by atoms with E-state index in [-0.39, 0.29) is 17.5 Å². The van der Waals surface area contributed by atoms with Crippen molar-refractivity contribution in [1.82, 2.24) is 10.2 Å². The minimum atomic E-state index is -0.993. The second-order valence-electron chi connectivity index (χ2n) is 7.04. The molecule has 1 amide bonds. The van der Waals surface area contributed by atoms with Crippen LogP contribution in [0.5, 0.6) is 0 Å². The van der Waals surface area contributed by atoms with E-state index < -0.39 is 5.97 Å². The molecule has 1 aliphatic carbocycles. The molecule has 0 radical (unpaired) electrons. The van der Waals surface area contributed by atoms with Gasteiger partial charge in [-0.15, -0.1) is 0 Å². The average molecular weight is 396 g/mol. The smallest absolute Gasteiger partial charge is 0.335 e. The lowest BCUT2D eigenvalue weighted by Gasteiger charge is -2.29. The predicted octanol–water partition coefficient (Wildman–Crippen LogP) is 4.04. The third-order valence-corrected chi connectivity index (χ3v) is 5.46. The van der Waals surface area contributed by atoms with E-state index in [0.717, 1.165) is 25.7 Å². The van der Waals surface area contributed by atoms with Gasteiger partial charge in [-0.2, -0.15) is 0 Å². The standard InChI is InChI=1S/C21H20N2O4S/c24-19-17(22-21(28)23(19)15-7-2-1-3-8-15)12-16-9-10-18(27-16)13-5-4-6-14(11-13)20(25)26/h4-6,9-12,15H,1-3,7-8H2,(H,22,28)(H,25,26)/b17-12-. The number of benzene rings is 1. The van der Waals surface area contributed by atoms with E-state index in [1.165, 1.54) is 12.5 Å². The topological polar surface area (TPSA) is 82.8 Å². The van der Waals surface area contributed by atoms with Crippen molar-refractivity contribution in [3.63, 3.8) is 0 Å². The van der Waals surface area contributed by atoms with Gasteiger partial charge in [0.15, 0.2) is 5.11 Å². The molecule has 2 aromatic rings. The number of aromatic carboxylic acids is 1. The summed E-state index contributed by atoms with van der Waals surface area (Å²) < 4.78 is 5.81. The van der Waals surface area contributed by atoms with Crippen LogP contribution >= 0.6 is 12.2 Å². The van der Waals surface area contributed by atoms with Crippen LogP contribution in [0.2, 0.25) is 0 Å². The Kier molecular flexibility index (Phi) is 5.00. The van der Waals surface area contributed by atoms with Crippen LogP contribution in [0.25, 0.3) is 17.4 Å². The van der Waals surface area contributed by atoms with Gasteiger partial charge in [0, 0.05) is 17.7 Å². The van der Waals surface area contributed by atoms with Crippen LogP contribution in [0.3, 0.4) is 0 Å². The first-order valence-electron chi connectivity index (χ1n) is 9.33. The minimum Gasteiger partial charge on any atom is -0.478 e. The monoisotopic (exact) mass is 396 g/mol. The maximum atomic E-state index is 12.8. The minimum absolute atomic E-state index is 0.122. The molecule has 0 atom stereocenters. The molecule has 1 saturated heterocycles. The highest BCUT2D eigenvalue weighted by Gasteiger charge is 2.36. The Morgan fingerprint density at radius 3 is 2.75 bits per heavy atom. The molecule has 4 rings (SSSR count). The molecule has 2 fully saturated rings. The van der Waals surface area contributed by atoms with Crippen molar-refractivity contribution in [1.29, 1.82) is 0 Å². The Labute approximate surface area is 167 Å². The first-order chi connectivity index (χ1) is 13.5. The number of nitrogens with one attached hydrogen (secondary N) is 1. The molecule has 1 aromatic heterocycles. The summed E-state index contributed by atoms with van der Waals surface area (Å²) in [7, 11) is 0. The number of carbonyl (C=O) groups excluding carboxylic acids is 1. The van der Waals surface area contributed by atoms with Gasteiger partial charge in [0.1, 0.15) is 17.2 Å². The van der Waals surface area contributed by atoms with E-state index in [1.54, 1.807) is 41.3 Å². The van der Waals surface area contributed by atoms with Crippen molar-refractivity contribution in [2.75, 3.05) is 0 Å². The fourth-order valence-corrected chi connectivity index (χ4v) is 4.09. The van der Waals surface area contributed by atoms with Crippen LogP contribution < -0.4 is 5.32 Å². The molecule has 0 unspecified atom stereocenters. The van der Waals surface area contributed by atoms with Crippen LogP contribution in [-0.2, 0) is 4.79 Å². The van der Waals surface area contributed by atoms with Gasteiger partial charge in [-0.1, -0.05) is 31.4 Å². The summed E-state index contributed by atoms with van der Waals surface area (Å²) in [4.78, 5) is 25.7. The van der Waals surface area contributed by atoms with Crippen molar-refractivity contribution in [2.24, 2.45) is 0 Å². The Balaban J connectivity index is 1.55. The molecule has 7 heteroatoms. The Bertz CT molecular complexity index is 972. The van der Waals surface area contributed by atoms with Gasteiger partial charge in [-0.3, -0.25) is 9.69 Å². The van der Waals surface area contributed by atoms with E-state index in [9.17, 15) is 9.59 Å². The number of furan rings is 1. The van der Waals surface area contributed by atoms with Crippen molar-refractivity contribution < 1.29 is 19.1 Å². The normalized spacial score (nSPS) is 19.3. The van der Waals surface area contributed by atoms with Gasteiger partial charge >= 0.3 is 5.97 Å². The van der Waals surface area contributed by atoms with Crippen LogP contribution in [0.1, 0.15) is 48.2 Å². The van der Waals surface area contributed by atoms with Crippen LogP contribution in [0, 0.1) is 0 Å². The molecule has 2 N–H and O–H groups in total. The van der Waals surface area contributed by atoms with E-state index >= 15 is 0 Å². The van der Waals surface area contributed by atoms with Gasteiger partial charge in [-0.05, 0) is 49.3 Å². The Hall–Kier alpha value is -2.93.